The molecule has 3 aromatic rings. The Bertz CT molecular complexity index is 993. The summed E-state index contributed by atoms with van der Waals surface area (Å²) in [6.45, 7) is 2.01. The number of benzene rings is 3. The van der Waals surface area contributed by atoms with Crippen molar-refractivity contribution in [1.82, 2.24) is 10.4 Å². The van der Waals surface area contributed by atoms with E-state index in [0.717, 1.165) is 28.1 Å². The lowest BCUT2D eigenvalue weighted by Gasteiger charge is -2.26. The standard InChI is InChI=1S/C24H22N2O2/c1-17-8-10-20(11-9-17)24(27)26-23(19-12-14-21(28-2)15-13-19)16-22(25-26)18-6-4-3-5-7-18/h3-16,23,25H,1-2H3/t23-/m1/s1. The first-order chi connectivity index (χ1) is 13.7. The Balaban J connectivity index is 1.70. The Hall–Kier alpha value is -3.53. The molecule has 0 spiro atoms. The Morgan fingerprint density at radius 1 is 0.929 bits per heavy atom. The highest BCUT2D eigenvalue weighted by molar-refractivity contribution is 5.95. The van der Waals surface area contributed by atoms with Crippen LogP contribution in [-0.2, 0) is 0 Å². The van der Waals surface area contributed by atoms with E-state index in [-0.39, 0.29) is 11.9 Å². The highest BCUT2D eigenvalue weighted by Gasteiger charge is 2.31. The third-order valence-electron chi connectivity index (χ3n) is 4.90. The predicted octanol–water partition coefficient (Wildman–Crippen LogP) is 4.75. The Labute approximate surface area is 165 Å². The number of carbonyl (C=O) groups excluding carboxylic acids is 1. The fourth-order valence-electron chi connectivity index (χ4n) is 3.31. The van der Waals surface area contributed by atoms with Gasteiger partial charge >= 0.3 is 0 Å². The number of methoxy groups -OCH3 is 1. The number of rotatable bonds is 4. The molecule has 0 bridgehead atoms. The number of ether oxygens (including phenoxy) is 1. The van der Waals surface area contributed by atoms with Gasteiger partial charge in [-0.05, 0) is 48.4 Å². The third-order valence-corrected chi connectivity index (χ3v) is 4.90. The summed E-state index contributed by atoms with van der Waals surface area (Å²) in [5, 5.41) is 1.69. The number of carbonyl (C=O) groups is 1. The van der Waals surface area contributed by atoms with Crippen molar-refractivity contribution in [3.63, 3.8) is 0 Å². The molecule has 4 nitrogen and oxygen atoms in total. The fraction of sp³-hybridized carbons (Fsp3) is 0.125. The molecule has 0 saturated carbocycles. The monoisotopic (exact) mass is 370 g/mol. The molecule has 140 valence electrons. The molecule has 0 unspecified atom stereocenters. The first-order valence-corrected chi connectivity index (χ1v) is 9.24. The van der Waals surface area contributed by atoms with Crippen LogP contribution < -0.4 is 10.2 Å². The van der Waals surface area contributed by atoms with Gasteiger partial charge < -0.3 is 4.74 Å². The minimum absolute atomic E-state index is 0.0667. The smallest absolute Gasteiger partial charge is 0.273 e. The van der Waals surface area contributed by atoms with E-state index in [1.165, 1.54) is 0 Å². The summed E-state index contributed by atoms with van der Waals surface area (Å²) < 4.78 is 5.27. The molecule has 0 saturated heterocycles. The van der Waals surface area contributed by atoms with Gasteiger partial charge in [0, 0.05) is 5.56 Å². The Morgan fingerprint density at radius 2 is 1.61 bits per heavy atom. The Morgan fingerprint density at radius 3 is 2.25 bits per heavy atom. The van der Waals surface area contributed by atoms with Crippen molar-refractivity contribution < 1.29 is 9.53 Å². The average Bonchev–Trinajstić information content (AvgIpc) is 3.20. The topological polar surface area (TPSA) is 41.6 Å². The molecule has 28 heavy (non-hydrogen) atoms. The van der Waals surface area contributed by atoms with Crippen molar-refractivity contribution in [1.29, 1.82) is 0 Å². The molecule has 1 atom stereocenters. The van der Waals surface area contributed by atoms with E-state index in [2.05, 4.69) is 11.5 Å². The predicted molar refractivity (Wildman–Crippen MR) is 111 cm³/mol. The first kappa shape index (κ1) is 17.9. The number of hydrazine groups is 1. The highest BCUT2D eigenvalue weighted by Crippen LogP contribution is 2.33. The van der Waals surface area contributed by atoms with Crippen LogP contribution in [0.4, 0.5) is 0 Å². The molecule has 0 radical (unpaired) electrons. The number of amides is 1. The van der Waals surface area contributed by atoms with Crippen molar-refractivity contribution in [3.8, 4) is 5.75 Å². The SMILES string of the molecule is COc1ccc([C@H]2C=C(c3ccccc3)NN2C(=O)c2ccc(C)cc2)cc1. The molecule has 4 heteroatoms. The fourth-order valence-corrected chi connectivity index (χ4v) is 3.31. The van der Waals surface area contributed by atoms with E-state index in [1.807, 2.05) is 85.8 Å². The van der Waals surface area contributed by atoms with E-state index < -0.39 is 0 Å². The van der Waals surface area contributed by atoms with Crippen LogP contribution in [0.25, 0.3) is 5.70 Å². The zero-order valence-corrected chi connectivity index (χ0v) is 15.9. The molecule has 1 aliphatic rings. The van der Waals surface area contributed by atoms with Gasteiger partial charge in [0.2, 0.25) is 0 Å². The zero-order chi connectivity index (χ0) is 19.5. The van der Waals surface area contributed by atoms with Crippen LogP contribution in [0, 0.1) is 6.92 Å². The quantitative estimate of drug-likeness (QED) is 0.721. The van der Waals surface area contributed by atoms with Crippen LogP contribution in [0.5, 0.6) is 5.75 Å². The summed E-state index contributed by atoms with van der Waals surface area (Å²) in [7, 11) is 1.65. The van der Waals surface area contributed by atoms with Crippen molar-refractivity contribution in [2.45, 2.75) is 13.0 Å². The molecule has 1 N–H and O–H groups in total. The van der Waals surface area contributed by atoms with Crippen molar-refractivity contribution >= 4 is 11.6 Å². The number of nitrogens with zero attached hydrogens (tertiary/aromatic N) is 1. The second-order valence-corrected chi connectivity index (χ2v) is 6.82. The second-order valence-electron chi connectivity index (χ2n) is 6.82. The van der Waals surface area contributed by atoms with Gasteiger partial charge in [0.25, 0.3) is 5.91 Å². The van der Waals surface area contributed by atoms with E-state index in [4.69, 9.17) is 4.74 Å². The maximum Gasteiger partial charge on any atom is 0.273 e. The molecule has 3 aromatic carbocycles. The number of aryl methyl sites for hydroxylation is 1. The van der Waals surface area contributed by atoms with Gasteiger partial charge in [-0.2, -0.15) is 0 Å². The molecule has 0 aliphatic carbocycles. The van der Waals surface area contributed by atoms with Gasteiger partial charge in [0.05, 0.1) is 18.8 Å². The van der Waals surface area contributed by atoms with Crippen LogP contribution in [0.3, 0.4) is 0 Å². The largest absolute Gasteiger partial charge is 0.497 e. The van der Waals surface area contributed by atoms with Crippen molar-refractivity contribution in [3.05, 3.63) is 107 Å². The lowest BCUT2D eigenvalue weighted by molar-refractivity contribution is 0.0672. The van der Waals surface area contributed by atoms with E-state index in [1.54, 1.807) is 12.1 Å². The first-order valence-electron chi connectivity index (χ1n) is 9.24. The molecule has 0 aromatic heterocycles. The van der Waals surface area contributed by atoms with Crippen LogP contribution in [-0.4, -0.2) is 18.0 Å². The van der Waals surface area contributed by atoms with Gasteiger partial charge in [-0.3, -0.25) is 10.2 Å². The van der Waals surface area contributed by atoms with Gasteiger partial charge in [-0.15, -0.1) is 0 Å². The zero-order valence-electron chi connectivity index (χ0n) is 15.9. The van der Waals surface area contributed by atoms with Crippen molar-refractivity contribution in [2.24, 2.45) is 0 Å². The molecular formula is C24H22N2O2. The molecule has 1 heterocycles. The highest BCUT2D eigenvalue weighted by atomic mass is 16.5. The van der Waals surface area contributed by atoms with Crippen LogP contribution >= 0.6 is 0 Å². The van der Waals surface area contributed by atoms with Crippen LogP contribution in [0.1, 0.15) is 33.1 Å². The number of nitrogens with one attached hydrogen (secondary N) is 1. The van der Waals surface area contributed by atoms with E-state index in [9.17, 15) is 4.79 Å². The van der Waals surface area contributed by atoms with Gasteiger partial charge in [0.15, 0.2) is 0 Å². The number of hydrogen-bond acceptors (Lipinski definition) is 3. The molecular weight excluding hydrogens is 348 g/mol. The lowest BCUT2D eigenvalue weighted by Crippen LogP contribution is -2.39. The summed E-state index contributed by atoms with van der Waals surface area (Å²) in [5.74, 6) is 0.723. The van der Waals surface area contributed by atoms with E-state index >= 15 is 0 Å². The minimum atomic E-state index is -0.213. The lowest BCUT2D eigenvalue weighted by atomic mass is 10.0. The van der Waals surface area contributed by atoms with Crippen LogP contribution in [0.2, 0.25) is 0 Å². The summed E-state index contributed by atoms with van der Waals surface area (Å²) in [6.07, 6.45) is 2.09. The normalized spacial score (nSPS) is 15.7. The summed E-state index contributed by atoms with van der Waals surface area (Å²) >= 11 is 0. The number of hydrogen-bond donors (Lipinski definition) is 1. The minimum Gasteiger partial charge on any atom is -0.497 e. The third kappa shape index (κ3) is 3.49. The van der Waals surface area contributed by atoms with Gasteiger partial charge in [-0.25, -0.2) is 5.01 Å². The van der Waals surface area contributed by atoms with Gasteiger partial charge in [-0.1, -0.05) is 60.2 Å². The molecule has 0 fully saturated rings. The summed E-state index contributed by atoms with van der Waals surface area (Å²) in [4.78, 5) is 13.2. The maximum atomic E-state index is 13.2. The molecule has 1 amide bonds. The average molecular weight is 370 g/mol. The van der Waals surface area contributed by atoms with Crippen molar-refractivity contribution in [2.75, 3.05) is 7.11 Å². The summed E-state index contributed by atoms with van der Waals surface area (Å²) in [6, 6.07) is 25.3. The summed E-state index contributed by atoms with van der Waals surface area (Å²) in [5.41, 5.74) is 8.06. The van der Waals surface area contributed by atoms with E-state index in [0.29, 0.717) is 5.56 Å². The maximum absolute atomic E-state index is 13.2. The van der Waals surface area contributed by atoms with Crippen LogP contribution in [0.15, 0.2) is 84.9 Å². The molecule has 1 aliphatic heterocycles. The Kier molecular flexibility index (Phi) is 4.85. The van der Waals surface area contributed by atoms with Gasteiger partial charge in [0.1, 0.15) is 5.75 Å². The second kappa shape index (κ2) is 7.61. The molecule has 4 rings (SSSR count).